The van der Waals surface area contributed by atoms with Crippen LogP contribution in [-0.2, 0) is 14.3 Å². The van der Waals surface area contributed by atoms with Crippen LogP contribution in [0.5, 0.6) is 0 Å². The van der Waals surface area contributed by atoms with Crippen LogP contribution in [-0.4, -0.2) is 47.7 Å². The molecule has 0 aromatic heterocycles. The number of thioether (sulfide) groups is 1. The van der Waals surface area contributed by atoms with E-state index in [9.17, 15) is 14.7 Å². The van der Waals surface area contributed by atoms with Gasteiger partial charge < -0.3 is 14.7 Å². The second kappa shape index (κ2) is 9.06. The average Bonchev–Trinajstić information content (AvgIpc) is 3.09. The van der Waals surface area contributed by atoms with E-state index in [4.69, 9.17) is 4.74 Å². The molecule has 5 nitrogen and oxygen atoms in total. The fraction of sp³-hybridized carbons (Fsp3) is 0.333. The van der Waals surface area contributed by atoms with E-state index in [1.54, 1.807) is 12.0 Å². The predicted octanol–water partition coefficient (Wildman–Crippen LogP) is 3.61. The molecule has 0 spiro atoms. The summed E-state index contributed by atoms with van der Waals surface area (Å²) in [4.78, 5) is 27.4. The quantitative estimate of drug-likeness (QED) is 0.738. The molecule has 1 heterocycles. The highest BCUT2D eigenvalue weighted by Gasteiger charge is 2.39. The van der Waals surface area contributed by atoms with E-state index in [0.717, 1.165) is 10.5 Å². The Balaban J connectivity index is 1.88. The number of carboxylic acid groups (broad SMARTS) is 1. The van der Waals surface area contributed by atoms with Gasteiger partial charge >= 0.3 is 5.97 Å². The molecule has 1 fully saturated rings. The highest BCUT2D eigenvalue weighted by Crippen LogP contribution is 2.38. The number of carboxylic acids is 1. The number of amides is 1. The van der Waals surface area contributed by atoms with Crippen LogP contribution in [0.1, 0.15) is 23.7 Å². The number of hydrogen-bond donors (Lipinski definition) is 1. The zero-order chi connectivity index (χ0) is 19.2. The second-order valence-corrected chi connectivity index (χ2v) is 7.74. The first-order valence-electron chi connectivity index (χ1n) is 8.90. The Morgan fingerprint density at radius 3 is 2.37 bits per heavy atom. The number of carbonyl (C=O) groups is 2. The first-order chi connectivity index (χ1) is 13.1. The molecule has 3 rings (SSSR count). The maximum Gasteiger partial charge on any atom is 0.305 e. The summed E-state index contributed by atoms with van der Waals surface area (Å²) in [5, 5.41) is 8.81. The summed E-state index contributed by atoms with van der Waals surface area (Å²) in [6, 6.07) is 19.1. The minimum atomic E-state index is -0.901. The molecule has 2 aromatic rings. The summed E-state index contributed by atoms with van der Waals surface area (Å²) in [6.45, 7) is 0.423. The van der Waals surface area contributed by atoms with Crippen molar-refractivity contribution in [3.63, 3.8) is 0 Å². The zero-order valence-electron chi connectivity index (χ0n) is 15.2. The van der Waals surface area contributed by atoms with Gasteiger partial charge in [0.25, 0.3) is 0 Å². The number of methoxy groups -OCH3 is 1. The highest BCUT2D eigenvalue weighted by molar-refractivity contribution is 8.00. The number of rotatable bonds is 7. The van der Waals surface area contributed by atoms with Crippen LogP contribution < -0.4 is 0 Å². The third kappa shape index (κ3) is 4.90. The number of likely N-dealkylation sites (tertiary alicyclic amines) is 1. The Labute approximate surface area is 163 Å². The molecule has 1 saturated heterocycles. The average molecular weight is 385 g/mol. The fourth-order valence-electron chi connectivity index (χ4n) is 3.38. The maximum atomic E-state index is 13.5. The van der Waals surface area contributed by atoms with Crippen LogP contribution in [0.3, 0.4) is 0 Å². The van der Waals surface area contributed by atoms with Gasteiger partial charge in [-0.25, -0.2) is 0 Å². The number of aliphatic carboxylic acids is 1. The standard InChI is InChI=1S/C21H23NO4S/c1-26-17-12-16(13-19(23)24)22(14-17)21(25)20(15-8-4-2-5-9-15)27-18-10-6-3-7-11-18/h2-11,16-17,20H,12-14H2,1H3,(H,23,24). The van der Waals surface area contributed by atoms with Gasteiger partial charge in [-0.1, -0.05) is 48.5 Å². The van der Waals surface area contributed by atoms with Crippen LogP contribution in [0.15, 0.2) is 65.6 Å². The minimum absolute atomic E-state index is 0.0664. The summed E-state index contributed by atoms with van der Waals surface area (Å²) in [7, 11) is 1.60. The molecule has 1 aliphatic heterocycles. The van der Waals surface area contributed by atoms with Crippen LogP contribution in [0.25, 0.3) is 0 Å². The molecular weight excluding hydrogens is 362 g/mol. The van der Waals surface area contributed by atoms with Gasteiger partial charge in [-0.3, -0.25) is 9.59 Å². The van der Waals surface area contributed by atoms with Gasteiger partial charge in [0.2, 0.25) is 5.91 Å². The molecule has 3 unspecified atom stereocenters. The third-order valence-electron chi connectivity index (χ3n) is 4.73. The lowest BCUT2D eigenvalue weighted by molar-refractivity contribution is -0.139. The molecule has 27 heavy (non-hydrogen) atoms. The maximum absolute atomic E-state index is 13.5. The summed E-state index contributed by atoms with van der Waals surface area (Å²) in [5.41, 5.74) is 0.909. The van der Waals surface area contributed by atoms with Gasteiger partial charge in [-0.15, -0.1) is 11.8 Å². The van der Waals surface area contributed by atoms with Gasteiger partial charge in [0, 0.05) is 24.6 Å². The van der Waals surface area contributed by atoms with Crippen molar-refractivity contribution in [1.29, 1.82) is 0 Å². The Kier molecular flexibility index (Phi) is 6.53. The Bertz CT molecular complexity index is 768. The normalized spacial score (nSPS) is 20.4. The number of hydrogen-bond acceptors (Lipinski definition) is 4. The van der Waals surface area contributed by atoms with Crippen molar-refractivity contribution in [2.75, 3.05) is 13.7 Å². The molecule has 1 aliphatic rings. The molecule has 3 atom stereocenters. The molecule has 1 N–H and O–H groups in total. The first-order valence-corrected chi connectivity index (χ1v) is 9.78. The monoisotopic (exact) mass is 385 g/mol. The third-order valence-corrected chi connectivity index (χ3v) is 5.98. The van der Waals surface area contributed by atoms with Crippen LogP contribution in [0.4, 0.5) is 0 Å². The number of carbonyl (C=O) groups excluding carboxylic acids is 1. The molecule has 6 heteroatoms. The van der Waals surface area contributed by atoms with E-state index in [1.807, 2.05) is 60.7 Å². The first kappa shape index (κ1) is 19.5. The predicted molar refractivity (Wildman–Crippen MR) is 105 cm³/mol. The largest absolute Gasteiger partial charge is 0.481 e. The lowest BCUT2D eigenvalue weighted by Crippen LogP contribution is -2.39. The van der Waals surface area contributed by atoms with Gasteiger partial charge in [-0.2, -0.15) is 0 Å². The van der Waals surface area contributed by atoms with Crippen molar-refractivity contribution in [3.05, 3.63) is 66.2 Å². The molecule has 0 bridgehead atoms. The molecule has 0 radical (unpaired) electrons. The molecule has 1 amide bonds. The van der Waals surface area contributed by atoms with E-state index in [2.05, 4.69) is 0 Å². The van der Waals surface area contributed by atoms with Gasteiger partial charge in [-0.05, 0) is 24.1 Å². The fourth-order valence-corrected chi connectivity index (χ4v) is 4.50. The number of ether oxygens (including phenoxy) is 1. The van der Waals surface area contributed by atoms with Crippen LogP contribution >= 0.6 is 11.8 Å². The Morgan fingerprint density at radius 2 is 1.78 bits per heavy atom. The van der Waals surface area contributed by atoms with Gasteiger partial charge in [0.05, 0.1) is 12.5 Å². The van der Waals surface area contributed by atoms with Crippen molar-refractivity contribution in [1.82, 2.24) is 4.90 Å². The smallest absolute Gasteiger partial charge is 0.305 e. The minimum Gasteiger partial charge on any atom is -0.481 e. The lowest BCUT2D eigenvalue weighted by Gasteiger charge is -2.28. The zero-order valence-corrected chi connectivity index (χ0v) is 16.0. The molecule has 142 valence electrons. The van der Waals surface area contributed by atoms with Crippen molar-refractivity contribution in [2.45, 2.75) is 35.1 Å². The van der Waals surface area contributed by atoms with Crippen LogP contribution in [0.2, 0.25) is 0 Å². The number of nitrogens with zero attached hydrogens (tertiary/aromatic N) is 1. The molecule has 0 saturated carbocycles. The molecule has 0 aliphatic carbocycles. The van der Waals surface area contributed by atoms with E-state index >= 15 is 0 Å². The topological polar surface area (TPSA) is 66.8 Å². The highest BCUT2D eigenvalue weighted by atomic mass is 32.2. The number of benzene rings is 2. The lowest BCUT2D eigenvalue weighted by atomic mass is 10.1. The van der Waals surface area contributed by atoms with E-state index in [1.165, 1.54) is 11.8 Å². The van der Waals surface area contributed by atoms with Gasteiger partial charge in [0.15, 0.2) is 0 Å². The van der Waals surface area contributed by atoms with Crippen molar-refractivity contribution in [3.8, 4) is 0 Å². The van der Waals surface area contributed by atoms with Crippen molar-refractivity contribution >= 4 is 23.6 Å². The van der Waals surface area contributed by atoms with Crippen LogP contribution in [0, 0.1) is 0 Å². The van der Waals surface area contributed by atoms with Gasteiger partial charge in [0.1, 0.15) is 5.25 Å². The summed E-state index contributed by atoms with van der Waals surface area (Å²) < 4.78 is 5.41. The summed E-state index contributed by atoms with van der Waals surface area (Å²) in [6.07, 6.45) is 0.353. The second-order valence-electron chi connectivity index (χ2n) is 6.56. The van der Waals surface area contributed by atoms with Crippen molar-refractivity contribution in [2.24, 2.45) is 0 Å². The van der Waals surface area contributed by atoms with E-state index in [-0.39, 0.29) is 24.5 Å². The molecular formula is C21H23NO4S. The summed E-state index contributed by atoms with van der Waals surface area (Å²) in [5.74, 6) is -0.970. The summed E-state index contributed by atoms with van der Waals surface area (Å²) >= 11 is 1.49. The SMILES string of the molecule is COC1CC(CC(=O)O)N(C(=O)C(Sc2ccccc2)c2ccccc2)C1. The Morgan fingerprint density at radius 1 is 1.15 bits per heavy atom. The van der Waals surface area contributed by atoms with Crippen molar-refractivity contribution < 1.29 is 19.4 Å². The van der Waals surface area contributed by atoms with E-state index < -0.39 is 11.2 Å². The Hall–Kier alpha value is -2.31. The molecule has 2 aromatic carbocycles. The van der Waals surface area contributed by atoms with E-state index in [0.29, 0.717) is 13.0 Å².